The predicted octanol–water partition coefficient (Wildman–Crippen LogP) is 1.42. The van der Waals surface area contributed by atoms with Gasteiger partial charge in [0.2, 0.25) is 0 Å². The molecule has 0 radical (unpaired) electrons. The zero-order valence-electron chi connectivity index (χ0n) is 9.18. The van der Waals surface area contributed by atoms with Crippen LogP contribution in [0.15, 0.2) is 36.5 Å². The van der Waals surface area contributed by atoms with Crippen LogP contribution in [0.1, 0.15) is 0 Å². The molecule has 16 heavy (non-hydrogen) atoms. The zero-order chi connectivity index (χ0) is 11.8. The van der Waals surface area contributed by atoms with Crippen LogP contribution in [-0.2, 0) is 4.79 Å². The van der Waals surface area contributed by atoms with Crippen molar-refractivity contribution in [3.8, 4) is 0 Å². The molecule has 84 valence electrons. The summed E-state index contributed by atoms with van der Waals surface area (Å²) in [4.78, 5) is 13.3. The van der Waals surface area contributed by atoms with Crippen molar-refractivity contribution in [2.45, 2.75) is 0 Å². The summed E-state index contributed by atoms with van der Waals surface area (Å²) in [5, 5.41) is 4.26. The van der Waals surface area contributed by atoms with Gasteiger partial charge in [-0.15, -0.1) is 0 Å². The Labute approximate surface area is 94.5 Å². The monoisotopic (exact) mass is 217 g/mol. The molecule has 0 aliphatic rings. The number of rotatable bonds is 2. The van der Waals surface area contributed by atoms with Crippen molar-refractivity contribution in [1.82, 2.24) is 4.98 Å². The maximum atomic E-state index is 9.05. The minimum absolute atomic E-state index is 0.139. The summed E-state index contributed by atoms with van der Waals surface area (Å²) in [5.74, 6) is 0. The van der Waals surface area contributed by atoms with E-state index in [4.69, 9.17) is 4.79 Å². The molecule has 0 atom stereocenters. The fraction of sp³-hybridized carbons (Fsp3) is 0.167. The number of benzene rings is 1. The molecule has 0 amide bonds. The molecule has 0 spiro atoms. The molecule has 0 aliphatic heterocycles. The number of nitrogens with zero attached hydrogens (tertiary/aromatic N) is 1. The Hall–Kier alpha value is -1.94. The van der Waals surface area contributed by atoms with Crippen molar-refractivity contribution < 1.29 is 4.79 Å². The van der Waals surface area contributed by atoms with Gasteiger partial charge in [-0.3, -0.25) is 4.98 Å². The van der Waals surface area contributed by atoms with Crippen LogP contribution in [0, 0.1) is 0 Å². The zero-order valence-corrected chi connectivity index (χ0v) is 9.18. The topological polar surface area (TPSA) is 68.0 Å². The fourth-order valence-electron chi connectivity index (χ4n) is 1.22. The third-order valence-electron chi connectivity index (χ3n) is 1.99. The third kappa shape index (κ3) is 3.33. The highest BCUT2D eigenvalue weighted by Crippen LogP contribution is 2.15. The van der Waals surface area contributed by atoms with Gasteiger partial charge in [0, 0.05) is 30.9 Å². The Morgan fingerprint density at radius 3 is 2.81 bits per heavy atom. The fourth-order valence-corrected chi connectivity index (χ4v) is 1.22. The summed E-state index contributed by atoms with van der Waals surface area (Å²) in [5.41, 5.74) is 6.79. The van der Waals surface area contributed by atoms with Crippen LogP contribution < -0.4 is 11.1 Å². The molecule has 0 unspecified atom stereocenters. The van der Waals surface area contributed by atoms with Gasteiger partial charge in [0.05, 0.1) is 5.52 Å². The van der Waals surface area contributed by atoms with Crippen LogP contribution >= 0.6 is 0 Å². The molecule has 2 rings (SSSR count). The van der Waals surface area contributed by atoms with Crippen LogP contribution in [0.25, 0.3) is 10.9 Å². The van der Waals surface area contributed by atoms with E-state index >= 15 is 0 Å². The summed E-state index contributed by atoms with van der Waals surface area (Å²) in [7, 11) is 1.91. The van der Waals surface area contributed by atoms with Gasteiger partial charge >= 0.3 is 0 Å². The van der Waals surface area contributed by atoms with E-state index in [9.17, 15) is 0 Å². The molecule has 3 N–H and O–H groups in total. The average Bonchev–Trinajstić information content (AvgIpc) is 2.38. The molecule has 1 aromatic heterocycles. The van der Waals surface area contributed by atoms with E-state index < -0.39 is 0 Å². The number of anilines is 1. The first-order valence-corrected chi connectivity index (χ1v) is 4.98. The van der Waals surface area contributed by atoms with Crippen molar-refractivity contribution in [3.05, 3.63) is 36.5 Å². The summed E-state index contributed by atoms with van der Waals surface area (Å²) >= 11 is 0. The lowest BCUT2D eigenvalue weighted by Crippen LogP contribution is -1.97. The van der Waals surface area contributed by atoms with E-state index in [1.807, 2.05) is 31.4 Å². The van der Waals surface area contributed by atoms with Gasteiger partial charge in [0.15, 0.2) is 0 Å². The number of carbonyl (C=O) groups excluding carboxylic acids is 1. The highest BCUT2D eigenvalue weighted by atomic mass is 16.1. The second-order valence-corrected chi connectivity index (χ2v) is 3.06. The summed E-state index contributed by atoms with van der Waals surface area (Å²) < 4.78 is 0. The maximum Gasteiger partial charge on any atom is 0.133 e. The first-order valence-electron chi connectivity index (χ1n) is 4.98. The number of hydrogen-bond acceptors (Lipinski definition) is 4. The van der Waals surface area contributed by atoms with Crippen molar-refractivity contribution in [2.24, 2.45) is 5.73 Å². The number of fused-ring (bicyclic) bond motifs is 1. The number of hydrogen-bond donors (Lipinski definition) is 2. The lowest BCUT2D eigenvalue weighted by atomic mass is 10.2. The van der Waals surface area contributed by atoms with E-state index in [1.165, 1.54) is 5.39 Å². The molecule has 4 nitrogen and oxygen atoms in total. The Bertz CT molecular complexity index is 457. The molecule has 0 saturated heterocycles. The molecule has 2 aromatic rings. The molecule has 0 bridgehead atoms. The summed E-state index contributed by atoms with van der Waals surface area (Å²) in [6, 6.07) is 10.1. The van der Waals surface area contributed by atoms with Crippen molar-refractivity contribution in [3.63, 3.8) is 0 Å². The van der Waals surface area contributed by atoms with Gasteiger partial charge in [-0.1, -0.05) is 12.1 Å². The van der Waals surface area contributed by atoms with Gasteiger partial charge in [-0.05, 0) is 18.2 Å². The van der Waals surface area contributed by atoms with Crippen molar-refractivity contribution >= 4 is 22.9 Å². The van der Waals surface area contributed by atoms with E-state index in [-0.39, 0.29) is 6.54 Å². The Morgan fingerprint density at radius 2 is 2.19 bits per heavy atom. The first-order chi connectivity index (χ1) is 7.81. The van der Waals surface area contributed by atoms with Crippen LogP contribution in [0.2, 0.25) is 0 Å². The highest BCUT2D eigenvalue weighted by molar-refractivity contribution is 5.81. The molecule has 0 fully saturated rings. The van der Waals surface area contributed by atoms with Crippen molar-refractivity contribution in [2.75, 3.05) is 18.9 Å². The largest absolute Gasteiger partial charge is 0.388 e. The Morgan fingerprint density at radius 1 is 1.44 bits per heavy atom. The number of carbonyl (C=O) groups is 1. The maximum absolute atomic E-state index is 9.05. The van der Waals surface area contributed by atoms with Gasteiger partial charge in [0.1, 0.15) is 6.29 Å². The van der Waals surface area contributed by atoms with E-state index in [2.05, 4.69) is 28.2 Å². The third-order valence-corrected chi connectivity index (χ3v) is 1.99. The van der Waals surface area contributed by atoms with Gasteiger partial charge < -0.3 is 15.8 Å². The minimum Gasteiger partial charge on any atom is -0.388 e. The molecule has 1 heterocycles. The lowest BCUT2D eigenvalue weighted by molar-refractivity contribution is -0.106. The summed E-state index contributed by atoms with van der Waals surface area (Å²) in [6.07, 6.45) is 2.46. The van der Waals surface area contributed by atoms with Crippen LogP contribution in [0.5, 0.6) is 0 Å². The number of aldehydes is 1. The lowest BCUT2D eigenvalue weighted by Gasteiger charge is -2.00. The Kier molecular flexibility index (Phi) is 4.95. The number of nitrogens with two attached hydrogens (primary N) is 1. The molecule has 1 aromatic carbocycles. The molecule has 0 saturated carbocycles. The molecule has 4 heteroatoms. The van der Waals surface area contributed by atoms with Gasteiger partial charge in [0.25, 0.3) is 0 Å². The minimum atomic E-state index is 0.139. The van der Waals surface area contributed by atoms with Crippen LogP contribution in [-0.4, -0.2) is 24.9 Å². The number of nitrogens with one attached hydrogen (secondary N) is 1. The highest BCUT2D eigenvalue weighted by Gasteiger charge is 1.93. The second kappa shape index (κ2) is 6.53. The quantitative estimate of drug-likeness (QED) is 0.746. The van der Waals surface area contributed by atoms with E-state index in [1.54, 1.807) is 0 Å². The SMILES string of the molecule is CNc1ccc2cccnc2c1.NCC=O. The van der Waals surface area contributed by atoms with Gasteiger partial charge in [-0.2, -0.15) is 0 Å². The van der Waals surface area contributed by atoms with Gasteiger partial charge in [-0.25, -0.2) is 0 Å². The summed E-state index contributed by atoms with van der Waals surface area (Å²) in [6.45, 7) is 0.139. The van der Waals surface area contributed by atoms with Crippen LogP contribution in [0.3, 0.4) is 0 Å². The van der Waals surface area contributed by atoms with E-state index in [0.717, 1.165) is 11.2 Å². The standard InChI is InChI=1S/C10H10N2.C2H5NO/c1-11-9-5-4-8-3-2-6-12-10(8)7-9;3-1-2-4/h2-7,11H,1H3;2H,1,3H2. The smallest absolute Gasteiger partial charge is 0.133 e. The Balaban J connectivity index is 0.000000280. The van der Waals surface area contributed by atoms with Crippen molar-refractivity contribution in [1.29, 1.82) is 0 Å². The molecule has 0 aliphatic carbocycles. The second-order valence-electron chi connectivity index (χ2n) is 3.06. The predicted molar refractivity (Wildman–Crippen MR) is 66.4 cm³/mol. The first kappa shape index (κ1) is 12.1. The van der Waals surface area contributed by atoms with E-state index in [0.29, 0.717) is 6.29 Å². The average molecular weight is 217 g/mol. The van der Waals surface area contributed by atoms with Crippen LogP contribution in [0.4, 0.5) is 5.69 Å². The number of pyridine rings is 1. The molecular weight excluding hydrogens is 202 g/mol. The number of aromatic nitrogens is 1. The normalized spacial score (nSPS) is 9.12. The molecular formula is C12H15N3O.